The summed E-state index contributed by atoms with van der Waals surface area (Å²) in [6.07, 6.45) is 3.50. The lowest BCUT2D eigenvalue weighted by atomic mass is 10.0. The van der Waals surface area contributed by atoms with Crippen LogP contribution >= 0.6 is 0 Å². The lowest BCUT2D eigenvalue weighted by Gasteiger charge is -2.21. The lowest BCUT2D eigenvalue weighted by molar-refractivity contribution is -0.0803. The molecule has 0 saturated heterocycles. The Hall–Kier alpha value is -1.25. The fraction of sp³-hybridized carbons (Fsp3) is 0.619. The van der Waals surface area contributed by atoms with Gasteiger partial charge in [0.05, 0.1) is 24.2 Å². The van der Waals surface area contributed by atoms with E-state index in [0.717, 1.165) is 16.7 Å². The van der Waals surface area contributed by atoms with E-state index in [9.17, 15) is 8.42 Å². The fourth-order valence-corrected chi connectivity index (χ4v) is 4.71. The van der Waals surface area contributed by atoms with Gasteiger partial charge in [-0.25, -0.2) is 13.1 Å². The molecule has 0 radical (unpaired) electrons. The van der Waals surface area contributed by atoms with Gasteiger partial charge in [0, 0.05) is 13.2 Å². The lowest BCUT2D eigenvalue weighted by Crippen LogP contribution is -2.38. The van der Waals surface area contributed by atoms with Crippen molar-refractivity contribution in [3.63, 3.8) is 0 Å². The minimum atomic E-state index is -3.64. The standard InChI is InChI=1S/C21H35NO5S/c1-15(2)20(9-8-19(6)27-14-26-11-10-25-7)22-28(23,24)21-17(4)12-16(3)13-18(21)5/h8-9,12-13,15,19-20,22H,10-11,14H2,1-7H3/b9-8-/t19-,20+/m0/s1. The van der Waals surface area contributed by atoms with Gasteiger partial charge in [-0.1, -0.05) is 43.7 Å². The van der Waals surface area contributed by atoms with E-state index < -0.39 is 10.0 Å². The van der Waals surface area contributed by atoms with Crippen LogP contribution in [-0.4, -0.2) is 47.7 Å². The van der Waals surface area contributed by atoms with Crippen molar-refractivity contribution < 1.29 is 22.6 Å². The molecule has 7 heteroatoms. The summed E-state index contributed by atoms with van der Waals surface area (Å²) in [5.41, 5.74) is 2.55. The number of nitrogens with one attached hydrogen (secondary N) is 1. The zero-order chi connectivity index (χ0) is 21.3. The first kappa shape index (κ1) is 24.8. The molecule has 28 heavy (non-hydrogen) atoms. The molecule has 2 atom stereocenters. The molecule has 0 fully saturated rings. The monoisotopic (exact) mass is 413 g/mol. The Morgan fingerprint density at radius 3 is 2.18 bits per heavy atom. The van der Waals surface area contributed by atoms with Gasteiger partial charge >= 0.3 is 0 Å². The maximum Gasteiger partial charge on any atom is 0.241 e. The van der Waals surface area contributed by atoms with Gasteiger partial charge in [0.1, 0.15) is 6.79 Å². The van der Waals surface area contributed by atoms with E-state index in [1.54, 1.807) is 7.11 Å². The predicted octanol–water partition coefficient (Wildman–Crippen LogP) is 3.50. The Balaban J connectivity index is 2.82. The summed E-state index contributed by atoms with van der Waals surface area (Å²) in [5, 5.41) is 0. The first-order valence-corrected chi connectivity index (χ1v) is 11.0. The number of sulfonamides is 1. The molecule has 0 unspecified atom stereocenters. The summed E-state index contributed by atoms with van der Waals surface area (Å²) in [4.78, 5) is 0.355. The van der Waals surface area contributed by atoms with Gasteiger partial charge in [-0.15, -0.1) is 0 Å². The highest BCUT2D eigenvalue weighted by atomic mass is 32.2. The van der Waals surface area contributed by atoms with Crippen molar-refractivity contribution in [2.45, 2.75) is 58.6 Å². The van der Waals surface area contributed by atoms with Crippen LogP contribution in [0.5, 0.6) is 0 Å². The van der Waals surface area contributed by atoms with E-state index in [1.165, 1.54) is 0 Å². The Bertz CT molecular complexity index is 720. The number of ether oxygens (including phenoxy) is 3. The van der Waals surface area contributed by atoms with E-state index in [-0.39, 0.29) is 24.9 Å². The molecule has 0 aliphatic carbocycles. The minimum Gasteiger partial charge on any atom is -0.382 e. The fourth-order valence-electron chi connectivity index (χ4n) is 2.91. The molecular weight excluding hydrogens is 378 g/mol. The molecule has 1 N–H and O–H groups in total. The molecule has 1 aromatic carbocycles. The minimum absolute atomic E-state index is 0.0854. The number of aryl methyl sites for hydroxylation is 3. The first-order valence-electron chi connectivity index (χ1n) is 9.55. The van der Waals surface area contributed by atoms with Crippen LogP contribution in [0.15, 0.2) is 29.2 Å². The molecule has 0 aromatic heterocycles. The summed E-state index contributed by atoms with van der Waals surface area (Å²) >= 11 is 0. The summed E-state index contributed by atoms with van der Waals surface area (Å²) in [6.45, 7) is 12.6. The molecule has 0 saturated carbocycles. The second-order valence-electron chi connectivity index (χ2n) is 7.39. The molecule has 6 nitrogen and oxygen atoms in total. The van der Waals surface area contributed by atoms with Crippen molar-refractivity contribution in [1.82, 2.24) is 4.72 Å². The van der Waals surface area contributed by atoms with Gasteiger partial charge in [0.2, 0.25) is 10.0 Å². The maximum absolute atomic E-state index is 13.0. The van der Waals surface area contributed by atoms with Crippen molar-refractivity contribution in [3.8, 4) is 0 Å². The highest BCUT2D eigenvalue weighted by molar-refractivity contribution is 7.89. The number of benzene rings is 1. The summed E-state index contributed by atoms with van der Waals surface area (Å²) in [7, 11) is -2.03. The average Bonchev–Trinajstić information content (AvgIpc) is 2.56. The third kappa shape index (κ3) is 8.01. The normalized spacial score (nSPS) is 14.7. The number of rotatable bonds is 12. The van der Waals surface area contributed by atoms with Crippen molar-refractivity contribution in [2.24, 2.45) is 5.92 Å². The van der Waals surface area contributed by atoms with Gasteiger partial charge in [-0.05, 0) is 44.7 Å². The molecule has 0 spiro atoms. The summed E-state index contributed by atoms with van der Waals surface area (Å²) in [6, 6.07) is 3.44. The van der Waals surface area contributed by atoms with E-state index in [1.807, 2.05) is 65.8 Å². The SMILES string of the molecule is COCCOCO[C@@H](C)/C=C\[C@@H](NS(=O)(=O)c1c(C)cc(C)cc1C)C(C)C. The van der Waals surface area contributed by atoms with Gasteiger partial charge in [0.25, 0.3) is 0 Å². The predicted molar refractivity (Wildman–Crippen MR) is 112 cm³/mol. The van der Waals surface area contributed by atoms with Crippen molar-refractivity contribution in [3.05, 3.63) is 41.0 Å². The molecule has 0 bridgehead atoms. The molecule has 1 aromatic rings. The van der Waals surface area contributed by atoms with Crippen LogP contribution in [0, 0.1) is 26.7 Å². The Labute approximate surface area is 170 Å². The van der Waals surface area contributed by atoms with Crippen LogP contribution in [0.1, 0.15) is 37.5 Å². The second kappa shape index (κ2) is 11.7. The van der Waals surface area contributed by atoms with E-state index in [0.29, 0.717) is 18.1 Å². The molecule has 160 valence electrons. The van der Waals surface area contributed by atoms with Gasteiger partial charge in [-0.3, -0.25) is 0 Å². The smallest absolute Gasteiger partial charge is 0.241 e. The van der Waals surface area contributed by atoms with Crippen LogP contribution in [0.3, 0.4) is 0 Å². The Morgan fingerprint density at radius 1 is 1.04 bits per heavy atom. The van der Waals surface area contributed by atoms with Crippen LogP contribution in [0.25, 0.3) is 0 Å². The molecule has 0 heterocycles. The molecule has 0 amide bonds. The number of hydrogen-bond acceptors (Lipinski definition) is 5. The van der Waals surface area contributed by atoms with E-state index in [2.05, 4.69) is 4.72 Å². The second-order valence-corrected chi connectivity index (χ2v) is 9.05. The summed E-state index contributed by atoms with van der Waals surface area (Å²) < 4.78 is 44.6. The van der Waals surface area contributed by atoms with Crippen LogP contribution < -0.4 is 4.72 Å². The van der Waals surface area contributed by atoms with Gasteiger partial charge < -0.3 is 14.2 Å². The highest BCUT2D eigenvalue weighted by Crippen LogP contribution is 2.22. The van der Waals surface area contributed by atoms with Crippen LogP contribution in [0.4, 0.5) is 0 Å². The average molecular weight is 414 g/mol. The van der Waals surface area contributed by atoms with Crippen molar-refractivity contribution in [1.29, 1.82) is 0 Å². The molecule has 1 rings (SSSR count). The topological polar surface area (TPSA) is 73.9 Å². The third-order valence-electron chi connectivity index (χ3n) is 4.32. The van der Waals surface area contributed by atoms with Crippen molar-refractivity contribution >= 4 is 10.0 Å². The van der Waals surface area contributed by atoms with Gasteiger partial charge in [-0.2, -0.15) is 0 Å². The first-order chi connectivity index (χ1) is 13.1. The molecule has 0 aliphatic rings. The zero-order valence-corrected chi connectivity index (χ0v) is 18.9. The zero-order valence-electron chi connectivity index (χ0n) is 18.1. The number of methoxy groups -OCH3 is 1. The van der Waals surface area contributed by atoms with Gasteiger partial charge in [0.15, 0.2) is 0 Å². The third-order valence-corrected chi connectivity index (χ3v) is 6.08. The van der Waals surface area contributed by atoms with E-state index >= 15 is 0 Å². The maximum atomic E-state index is 13.0. The van der Waals surface area contributed by atoms with Crippen LogP contribution in [-0.2, 0) is 24.2 Å². The summed E-state index contributed by atoms with van der Waals surface area (Å²) in [5.74, 6) is 0.0854. The Kier molecular flexibility index (Phi) is 10.3. The highest BCUT2D eigenvalue weighted by Gasteiger charge is 2.24. The largest absolute Gasteiger partial charge is 0.382 e. The quantitative estimate of drug-likeness (QED) is 0.323. The van der Waals surface area contributed by atoms with Crippen molar-refractivity contribution in [2.75, 3.05) is 27.1 Å². The molecule has 0 aliphatic heterocycles. The Morgan fingerprint density at radius 2 is 1.64 bits per heavy atom. The number of hydrogen-bond donors (Lipinski definition) is 1. The van der Waals surface area contributed by atoms with Crippen LogP contribution in [0.2, 0.25) is 0 Å². The van der Waals surface area contributed by atoms with E-state index in [4.69, 9.17) is 14.2 Å². The molecular formula is C21H35NO5S.